The minimum atomic E-state index is -3.30. The highest BCUT2D eigenvalue weighted by Crippen LogP contribution is 2.31. The first kappa shape index (κ1) is 22.0. The van der Waals surface area contributed by atoms with Gasteiger partial charge in [-0.3, -0.25) is 4.31 Å². The van der Waals surface area contributed by atoms with Crippen molar-refractivity contribution in [2.45, 2.75) is 39.5 Å². The molecule has 7 nitrogen and oxygen atoms in total. The number of anilines is 3. The molecule has 0 aliphatic carbocycles. The highest BCUT2D eigenvalue weighted by molar-refractivity contribution is 7.92. The van der Waals surface area contributed by atoms with Crippen molar-refractivity contribution in [1.82, 2.24) is 0 Å². The Hall–Kier alpha value is -2.74. The van der Waals surface area contributed by atoms with Gasteiger partial charge in [-0.1, -0.05) is 13.3 Å². The van der Waals surface area contributed by atoms with Gasteiger partial charge in [-0.15, -0.1) is 0 Å². The van der Waals surface area contributed by atoms with Gasteiger partial charge in [-0.2, -0.15) is 0 Å². The minimum Gasteiger partial charge on any atom is -0.494 e. The lowest BCUT2D eigenvalue weighted by Crippen LogP contribution is -2.36. The molecule has 3 rings (SSSR count). The number of aryl methyl sites for hydroxylation is 1. The van der Waals surface area contributed by atoms with Gasteiger partial charge in [0.05, 0.1) is 18.0 Å². The van der Waals surface area contributed by atoms with Crippen LogP contribution in [0.2, 0.25) is 0 Å². The highest BCUT2D eigenvalue weighted by Gasteiger charge is 2.26. The van der Waals surface area contributed by atoms with Crippen LogP contribution in [-0.2, 0) is 16.4 Å². The first-order chi connectivity index (χ1) is 14.4. The van der Waals surface area contributed by atoms with Gasteiger partial charge in [0, 0.05) is 17.9 Å². The molecule has 1 heterocycles. The summed E-state index contributed by atoms with van der Waals surface area (Å²) in [5, 5.41) is 5.61. The van der Waals surface area contributed by atoms with Crippen LogP contribution in [0.1, 0.15) is 38.7 Å². The number of unbranched alkanes of at least 4 members (excludes halogenated alkanes) is 1. The lowest BCUT2D eigenvalue weighted by atomic mass is 10.0. The Balaban J connectivity index is 1.62. The molecule has 2 amide bonds. The molecule has 0 unspecified atom stereocenters. The maximum absolute atomic E-state index is 12.4. The van der Waals surface area contributed by atoms with E-state index in [2.05, 4.69) is 17.6 Å². The van der Waals surface area contributed by atoms with Gasteiger partial charge in [0.2, 0.25) is 10.0 Å². The summed E-state index contributed by atoms with van der Waals surface area (Å²) in [6.07, 6.45) is 3.62. The molecule has 30 heavy (non-hydrogen) atoms. The molecule has 0 saturated carbocycles. The zero-order chi connectivity index (χ0) is 21.6. The molecule has 1 aliphatic rings. The smallest absolute Gasteiger partial charge is 0.323 e. The number of carbonyl (C=O) groups excluding carboxylic acids is 1. The predicted octanol–water partition coefficient (Wildman–Crippen LogP) is 4.61. The van der Waals surface area contributed by atoms with E-state index < -0.39 is 10.0 Å². The number of nitrogens with zero attached hydrogens (tertiary/aromatic N) is 1. The molecule has 0 fully saturated rings. The van der Waals surface area contributed by atoms with Crippen LogP contribution in [0.25, 0.3) is 0 Å². The van der Waals surface area contributed by atoms with Crippen molar-refractivity contribution in [2.75, 3.05) is 33.8 Å². The zero-order valence-corrected chi connectivity index (χ0v) is 18.3. The topological polar surface area (TPSA) is 87.7 Å². The number of amides is 2. The summed E-state index contributed by atoms with van der Waals surface area (Å²) in [6, 6.07) is 12.2. The van der Waals surface area contributed by atoms with Gasteiger partial charge in [0.15, 0.2) is 0 Å². The van der Waals surface area contributed by atoms with Crippen LogP contribution in [0.3, 0.4) is 0 Å². The number of benzene rings is 2. The Bertz CT molecular complexity index is 974. The third-order valence-electron chi connectivity index (χ3n) is 4.99. The van der Waals surface area contributed by atoms with Crippen molar-refractivity contribution in [3.05, 3.63) is 48.0 Å². The van der Waals surface area contributed by atoms with Crippen molar-refractivity contribution in [3.8, 4) is 5.75 Å². The molecule has 2 aromatic carbocycles. The van der Waals surface area contributed by atoms with E-state index >= 15 is 0 Å². The fourth-order valence-electron chi connectivity index (χ4n) is 3.35. The Morgan fingerprint density at radius 3 is 2.47 bits per heavy atom. The van der Waals surface area contributed by atoms with Crippen LogP contribution < -0.4 is 19.7 Å². The molecular formula is C22H29N3O4S. The second-order valence-corrected chi connectivity index (χ2v) is 9.41. The van der Waals surface area contributed by atoms with Crippen LogP contribution in [0.5, 0.6) is 5.75 Å². The quantitative estimate of drug-likeness (QED) is 0.598. The van der Waals surface area contributed by atoms with E-state index in [1.165, 1.54) is 4.31 Å². The van der Waals surface area contributed by atoms with E-state index in [0.29, 0.717) is 30.2 Å². The molecule has 0 bridgehead atoms. The summed E-state index contributed by atoms with van der Waals surface area (Å²) in [5.74, 6) is 0.841. The SMILES string of the molecule is CCCCOc1ccc(NC(=O)Nc2ccc3c(c2)CCCN3S(=O)(=O)CC)cc1. The van der Waals surface area contributed by atoms with E-state index in [4.69, 9.17) is 4.74 Å². The number of hydrogen-bond acceptors (Lipinski definition) is 4. The lowest BCUT2D eigenvalue weighted by Gasteiger charge is -2.30. The Morgan fingerprint density at radius 1 is 1.07 bits per heavy atom. The van der Waals surface area contributed by atoms with Crippen LogP contribution in [0, 0.1) is 0 Å². The number of hydrogen-bond donors (Lipinski definition) is 2. The predicted molar refractivity (Wildman–Crippen MR) is 121 cm³/mol. The minimum absolute atomic E-state index is 0.0667. The summed E-state index contributed by atoms with van der Waals surface area (Å²) >= 11 is 0. The summed E-state index contributed by atoms with van der Waals surface area (Å²) in [5.41, 5.74) is 2.91. The summed E-state index contributed by atoms with van der Waals surface area (Å²) < 4.78 is 31.7. The summed E-state index contributed by atoms with van der Waals surface area (Å²) in [6.45, 7) is 4.93. The fourth-order valence-corrected chi connectivity index (χ4v) is 4.54. The number of rotatable bonds is 8. The van der Waals surface area contributed by atoms with Crippen LogP contribution >= 0.6 is 0 Å². The molecule has 0 atom stereocenters. The normalized spacial score (nSPS) is 13.5. The maximum Gasteiger partial charge on any atom is 0.323 e. The number of carbonyl (C=O) groups is 1. The highest BCUT2D eigenvalue weighted by atomic mass is 32.2. The average Bonchev–Trinajstić information content (AvgIpc) is 2.74. The second kappa shape index (κ2) is 9.84. The third kappa shape index (κ3) is 5.44. The molecule has 0 radical (unpaired) electrons. The van der Waals surface area contributed by atoms with Crippen LogP contribution in [0.4, 0.5) is 21.9 Å². The first-order valence-electron chi connectivity index (χ1n) is 10.4. The molecule has 2 aromatic rings. The third-order valence-corrected chi connectivity index (χ3v) is 6.77. The number of fused-ring (bicyclic) bond motifs is 1. The van der Waals surface area contributed by atoms with Gasteiger partial charge in [-0.25, -0.2) is 13.2 Å². The van der Waals surface area contributed by atoms with Crippen molar-refractivity contribution in [2.24, 2.45) is 0 Å². The number of urea groups is 1. The molecule has 0 saturated heterocycles. The second-order valence-electron chi connectivity index (χ2n) is 7.23. The van der Waals surface area contributed by atoms with Crippen LogP contribution in [0.15, 0.2) is 42.5 Å². The molecule has 8 heteroatoms. The van der Waals surface area contributed by atoms with Crippen molar-refractivity contribution >= 4 is 33.1 Å². The number of nitrogens with one attached hydrogen (secondary N) is 2. The molecule has 0 aromatic heterocycles. The monoisotopic (exact) mass is 431 g/mol. The van der Waals surface area contributed by atoms with Crippen LogP contribution in [-0.4, -0.2) is 33.4 Å². The van der Waals surface area contributed by atoms with E-state index in [0.717, 1.165) is 37.0 Å². The molecule has 162 valence electrons. The van der Waals surface area contributed by atoms with Gasteiger partial charge < -0.3 is 15.4 Å². The van der Waals surface area contributed by atoms with Gasteiger partial charge in [0.1, 0.15) is 5.75 Å². The van der Waals surface area contributed by atoms with Gasteiger partial charge >= 0.3 is 6.03 Å². The molecular weight excluding hydrogens is 402 g/mol. The summed E-state index contributed by atoms with van der Waals surface area (Å²) in [7, 11) is -3.30. The molecule has 1 aliphatic heterocycles. The standard InChI is InChI=1S/C22H29N3O4S/c1-3-5-15-29-20-11-8-18(9-12-20)23-22(26)24-19-10-13-21-17(16-19)7-6-14-25(21)30(27,28)4-2/h8-13,16H,3-7,14-15H2,1-2H3,(H2,23,24,26). The lowest BCUT2D eigenvalue weighted by molar-refractivity contribution is 0.262. The van der Waals surface area contributed by atoms with Crippen molar-refractivity contribution < 1.29 is 17.9 Å². The number of sulfonamides is 1. The Labute approximate surface area is 178 Å². The fraction of sp³-hybridized carbons (Fsp3) is 0.409. The van der Waals surface area contributed by atoms with E-state index in [1.807, 2.05) is 18.2 Å². The van der Waals surface area contributed by atoms with Gasteiger partial charge in [-0.05, 0) is 74.2 Å². The maximum atomic E-state index is 12.4. The molecule has 0 spiro atoms. The zero-order valence-electron chi connectivity index (χ0n) is 17.5. The average molecular weight is 432 g/mol. The van der Waals surface area contributed by atoms with Crippen molar-refractivity contribution in [1.29, 1.82) is 0 Å². The van der Waals surface area contributed by atoms with E-state index in [1.54, 1.807) is 31.2 Å². The Kier molecular flexibility index (Phi) is 7.20. The Morgan fingerprint density at radius 2 is 1.77 bits per heavy atom. The van der Waals surface area contributed by atoms with Gasteiger partial charge in [0.25, 0.3) is 0 Å². The largest absolute Gasteiger partial charge is 0.494 e. The molecule has 2 N–H and O–H groups in total. The number of ether oxygens (including phenoxy) is 1. The first-order valence-corrected chi connectivity index (χ1v) is 12.0. The summed E-state index contributed by atoms with van der Waals surface area (Å²) in [4.78, 5) is 12.4. The van der Waals surface area contributed by atoms with E-state index in [9.17, 15) is 13.2 Å². The van der Waals surface area contributed by atoms with Crippen molar-refractivity contribution in [3.63, 3.8) is 0 Å². The van der Waals surface area contributed by atoms with E-state index in [-0.39, 0.29) is 11.8 Å².